The maximum absolute atomic E-state index is 4.51. The molecule has 1 aliphatic rings. The van der Waals surface area contributed by atoms with Gasteiger partial charge in [0.05, 0.1) is 5.69 Å². The Kier molecular flexibility index (Phi) is 7.31. The molecule has 0 spiro atoms. The minimum atomic E-state index is 0.463. The third-order valence-electron chi connectivity index (χ3n) is 6.13. The van der Waals surface area contributed by atoms with E-state index < -0.39 is 0 Å². The van der Waals surface area contributed by atoms with Crippen molar-refractivity contribution in [2.75, 3.05) is 20.1 Å². The van der Waals surface area contributed by atoms with Gasteiger partial charge in [-0.15, -0.1) is 0 Å². The third kappa shape index (κ3) is 5.60. The average Bonchev–Trinajstić information content (AvgIpc) is 2.96. The summed E-state index contributed by atoms with van der Waals surface area (Å²) in [5.41, 5.74) is 5.09. The normalized spacial score (nSPS) is 20.7. The largest absolute Gasteiger partial charge is 0.356 e. The Morgan fingerprint density at radius 3 is 2.62 bits per heavy atom. The molecule has 1 fully saturated rings. The van der Waals surface area contributed by atoms with Crippen LogP contribution in [0.2, 0.25) is 0 Å². The van der Waals surface area contributed by atoms with E-state index in [2.05, 4.69) is 76.7 Å². The van der Waals surface area contributed by atoms with E-state index in [0.717, 1.165) is 50.6 Å². The Bertz CT molecular complexity index is 810. The summed E-state index contributed by atoms with van der Waals surface area (Å²) in [7, 11) is 3.86. The summed E-state index contributed by atoms with van der Waals surface area (Å²) in [6.07, 6.45) is 3.23. The van der Waals surface area contributed by atoms with E-state index in [4.69, 9.17) is 0 Å². The Hall–Kier alpha value is -2.34. The molecule has 158 valence electrons. The van der Waals surface area contributed by atoms with E-state index in [1.165, 1.54) is 16.8 Å². The van der Waals surface area contributed by atoms with Gasteiger partial charge in [-0.1, -0.05) is 30.3 Å². The Balaban J connectivity index is 1.45. The molecule has 2 heterocycles. The molecule has 1 aromatic heterocycles. The van der Waals surface area contributed by atoms with Crippen molar-refractivity contribution in [3.63, 3.8) is 0 Å². The van der Waals surface area contributed by atoms with Crippen LogP contribution in [0.3, 0.4) is 0 Å². The summed E-state index contributed by atoms with van der Waals surface area (Å²) in [5, 5.41) is 11.6. The van der Waals surface area contributed by atoms with Gasteiger partial charge in [0.25, 0.3) is 0 Å². The lowest BCUT2D eigenvalue weighted by Crippen LogP contribution is -2.51. The van der Waals surface area contributed by atoms with Crippen LogP contribution in [0.25, 0.3) is 0 Å². The molecule has 2 aromatic rings. The van der Waals surface area contributed by atoms with Gasteiger partial charge in [0.15, 0.2) is 5.96 Å². The number of guanidine groups is 1. The van der Waals surface area contributed by atoms with E-state index in [9.17, 15) is 0 Å². The molecule has 0 aliphatic carbocycles. The van der Waals surface area contributed by atoms with E-state index >= 15 is 0 Å². The van der Waals surface area contributed by atoms with E-state index in [0.29, 0.717) is 12.1 Å². The van der Waals surface area contributed by atoms with E-state index in [-0.39, 0.29) is 0 Å². The molecule has 0 bridgehead atoms. The number of piperidine rings is 1. The molecule has 2 N–H and O–H groups in total. The van der Waals surface area contributed by atoms with Crippen LogP contribution in [-0.4, -0.2) is 52.9 Å². The van der Waals surface area contributed by atoms with Gasteiger partial charge in [-0.3, -0.25) is 14.6 Å². The zero-order chi connectivity index (χ0) is 20.8. The number of aromatic nitrogens is 2. The van der Waals surface area contributed by atoms with Crippen molar-refractivity contribution in [1.82, 2.24) is 25.3 Å². The second-order valence-electron chi connectivity index (χ2n) is 8.19. The monoisotopic (exact) mass is 396 g/mol. The lowest BCUT2D eigenvalue weighted by molar-refractivity contribution is 0.134. The highest BCUT2D eigenvalue weighted by molar-refractivity contribution is 5.80. The zero-order valence-corrected chi connectivity index (χ0v) is 18.6. The van der Waals surface area contributed by atoms with Gasteiger partial charge in [0.1, 0.15) is 0 Å². The molecular formula is C23H36N6. The number of aryl methyl sites for hydroxylation is 2. The third-order valence-corrected chi connectivity index (χ3v) is 6.13. The number of rotatable bonds is 6. The first-order valence-electron chi connectivity index (χ1n) is 10.7. The fraction of sp³-hybridized carbons (Fsp3) is 0.565. The van der Waals surface area contributed by atoms with Crippen molar-refractivity contribution in [3.8, 4) is 0 Å². The minimum absolute atomic E-state index is 0.463. The van der Waals surface area contributed by atoms with Crippen LogP contribution >= 0.6 is 0 Å². The van der Waals surface area contributed by atoms with Crippen LogP contribution in [-0.2, 0) is 20.0 Å². The van der Waals surface area contributed by atoms with Gasteiger partial charge in [0.2, 0.25) is 0 Å². The van der Waals surface area contributed by atoms with Crippen LogP contribution in [0.5, 0.6) is 0 Å². The van der Waals surface area contributed by atoms with E-state index in [1.807, 2.05) is 18.8 Å². The van der Waals surface area contributed by atoms with Gasteiger partial charge in [-0.25, -0.2) is 0 Å². The van der Waals surface area contributed by atoms with Crippen LogP contribution in [0.1, 0.15) is 42.3 Å². The van der Waals surface area contributed by atoms with Crippen molar-refractivity contribution in [2.24, 2.45) is 12.0 Å². The topological polar surface area (TPSA) is 57.5 Å². The predicted molar refractivity (Wildman–Crippen MR) is 120 cm³/mol. The van der Waals surface area contributed by atoms with Crippen LogP contribution in [0.15, 0.2) is 35.3 Å². The van der Waals surface area contributed by atoms with Crippen LogP contribution < -0.4 is 10.6 Å². The fourth-order valence-corrected chi connectivity index (χ4v) is 4.28. The molecule has 0 amide bonds. The SMILES string of the molecule is CN=C(NCCc1c(C)nn(C)c1C)NC1CCN(Cc2ccccc2)C(C)C1. The number of hydrogen-bond donors (Lipinski definition) is 2. The van der Waals surface area contributed by atoms with Crippen molar-refractivity contribution >= 4 is 5.96 Å². The number of likely N-dealkylation sites (tertiary alicyclic amines) is 1. The van der Waals surface area contributed by atoms with Crippen molar-refractivity contribution in [2.45, 2.75) is 58.7 Å². The standard InChI is InChI=1S/C23H36N6/c1-17-15-21(12-14-29(17)16-20-9-7-6-8-10-20)26-23(24-4)25-13-11-22-18(2)27-28(5)19(22)3/h6-10,17,21H,11-16H2,1-5H3,(H2,24,25,26). The first-order valence-corrected chi connectivity index (χ1v) is 10.7. The molecule has 2 unspecified atom stereocenters. The van der Waals surface area contributed by atoms with Crippen molar-refractivity contribution in [1.29, 1.82) is 0 Å². The maximum atomic E-state index is 4.51. The summed E-state index contributed by atoms with van der Waals surface area (Å²) in [5.74, 6) is 0.901. The molecular weight excluding hydrogens is 360 g/mol. The number of hydrogen-bond acceptors (Lipinski definition) is 3. The second-order valence-corrected chi connectivity index (χ2v) is 8.19. The lowest BCUT2D eigenvalue weighted by atomic mass is 9.97. The van der Waals surface area contributed by atoms with Crippen LogP contribution in [0.4, 0.5) is 0 Å². The molecule has 1 aromatic carbocycles. The first-order chi connectivity index (χ1) is 14.0. The molecule has 29 heavy (non-hydrogen) atoms. The predicted octanol–water partition coefficient (Wildman–Crippen LogP) is 2.80. The Labute approximate surface area is 175 Å². The highest BCUT2D eigenvalue weighted by Gasteiger charge is 2.26. The molecule has 0 radical (unpaired) electrons. The number of nitrogens with zero attached hydrogens (tertiary/aromatic N) is 4. The zero-order valence-electron chi connectivity index (χ0n) is 18.6. The molecule has 1 saturated heterocycles. The molecule has 0 saturated carbocycles. The highest BCUT2D eigenvalue weighted by atomic mass is 15.3. The van der Waals surface area contributed by atoms with Gasteiger partial charge in [-0.2, -0.15) is 5.10 Å². The minimum Gasteiger partial charge on any atom is -0.356 e. The van der Waals surface area contributed by atoms with Gasteiger partial charge in [0, 0.05) is 51.5 Å². The van der Waals surface area contributed by atoms with Crippen LogP contribution in [0, 0.1) is 13.8 Å². The Morgan fingerprint density at radius 1 is 1.24 bits per heavy atom. The highest BCUT2D eigenvalue weighted by Crippen LogP contribution is 2.20. The summed E-state index contributed by atoms with van der Waals surface area (Å²) in [6.45, 7) is 9.55. The maximum Gasteiger partial charge on any atom is 0.191 e. The molecule has 6 nitrogen and oxygen atoms in total. The fourth-order valence-electron chi connectivity index (χ4n) is 4.28. The molecule has 3 rings (SSSR count). The van der Waals surface area contributed by atoms with Crippen molar-refractivity contribution < 1.29 is 0 Å². The summed E-state index contributed by atoms with van der Waals surface area (Å²) in [6, 6.07) is 11.8. The summed E-state index contributed by atoms with van der Waals surface area (Å²) < 4.78 is 1.96. The Morgan fingerprint density at radius 2 is 2.00 bits per heavy atom. The average molecular weight is 397 g/mol. The van der Waals surface area contributed by atoms with E-state index in [1.54, 1.807) is 0 Å². The smallest absolute Gasteiger partial charge is 0.191 e. The second kappa shape index (κ2) is 9.92. The van der Waals surface area contributed by atoms with Gasteiger partial charge >= 0.3 is 0 Å². The van der Waals surface area contributed by atoms with Gasteiger partial charge < -0.3 is 10.6 Å². The van der Waals surface area contributed by atoms with Gasteiger partial charge in [-0.05, 0) is 51.2 Å². The number of benzene rings is 1. The summed E-state index contributed by atoms with van der Waals surface area (Å²) in [4.78, 5) is 7.02. The summed E-state index contributed by atoms with van der Waals surface area (Å²) >= 11 is 0. The number of aliphatic imine (C=N–C) groups is 1. The quantitative estimate of drug-likeness (QED) is 0.582. The lowest BCUT2D eigenvalue weighted by Gasteiger charge is -2.38. The first kappa shape index (κ1) is 21.4. The molecule has 2 atom stereocenters. The number of nitrogens with one attached hydrogen (secondary N) is 2. The molecule has 6 heteroatoms. The van der Waals surface area contributed by atoms with Crippen molar-refractivity contribution in [3.05, 3.63) is 52.8 Å². The molecule has 1 aliphatic heterocycles.